The third kappa shape index (κ3) is 2.73. The highest BCUT2D eigenvalue weighted by Crippen LogP contribution is 2.51. The van der Waals surface area contributed by atoms with E-state index in [0.29, 0.717) is 20.8 Å². The first-order valence-electron chi connectivity index (χ1n) is 7.47. The van der Waals surface area contributed by atoms with Gasteiger partial charge < -0.3 is 30.3 Å². The van der Waals surface area contributed by atoms with Crippen LogP contribution in [0.25, 0.3) is 0 Å². The van der Waals surface area contributed by atoms with Gasteiger partial charge in [-0.05, 0) is 39.9 Å². The molecule has 1 saturated heterocycles. The molecule has 1 aliphatic rings. The molecular weight excluding hydrogens is 386 g/mol. The van der Waals surface area contributed by atoms with Crippen LogP contribution in [-0.2, 0) is 23.9 Å². The molecule has 12 heteroatoms. The molecule has 27 heavy (non-hydrogen) atoms. The zero-order valence-corrected chi connectivity index (χ0v) is 15.6. The number of nitrogens with zero attached hydrogens (tertiary/aromatic N) is 1. The van der Waals surface area contributed by atoms with E-state index in [2.05, 4.69) is 17.2 Å². The normalized spacial score (nSPS) is 39.8. The average Bonchev–Trinajstić information content (AvgIpc) is 2.55. The number of ether oxygens (including phenoxy) is 1. The zero-order valence-electron chi connectivity index (χ0n) is 14.8. The Morgan fingerprint density at radius 2 is 1.41 bits per heavy atom. The summed E-state index contributed by atoms with van der Waals surface area (Å²) in [5.41, 5.74) is -11.1. The molecule has 0 saturated carbocycles. The van der Waals surface area contributed by atoms with E-state index in [1.807, 2.05) is 0 Å². The lowest BCUT2D eigenvalue weighted by molar-refractivity contribution is -0.408. The Hall–Kier alpha value is -1.76. The van der Waals surface area contributed by atoms with Crippen LogP contribution in [0.3, 0.4) is 0 Å². The maximum atomic E-state index is 12.3. The summed E-state index contributed by atoms with van der Waals surface area (Å²) >= 11 is 4.29. The number of hydrogen-bond acceptors (Lipinski definition) is 12. The number of Topliss-reactive ketones (excluding diaryl/α,β-unsaturated/α-hetero) is 4. The summed E-state index contributed by atoms with van der Waals surface area (Å²) < 4.78 is 4.87. The van der Waals surface area contributed by atoms with Crippen molar-refractivity contribution >= 4 is 40.5 Å². The van der Waals surface area contributed by atoms with E-state index in [0.717, 1.165) is 6.92 Å². The van der Waals surface area contributed by atoms with Crippen molar-refractivity contribution in [2.75, 3.05) is 0 Å². The largest absolute Gasteiger partial charge is 0.382 e. The van der Waals surface area contributed by atoms with Crippen LogP contribution in [0.4, 0.5) is 0 Å². The van der Waals surface area contributed by atoms with E-state index in [9.17, 15) is 44.7 Å². The summed E-state index contributed by atoms with van der Waals surface area (Å²) in [6.45, 7) is 2.65. The van der Waals surface area contributed by atoms with Gasteiger partial charge >= 0.3 is 5.91 Å². The maximum absolute atomic E-state index is 12.3. The lowest BCUT2D eigenvalue weighted by atomic mass is 9.59. The molecular formula is C15H19NO10S. The molecule has 0 radical (unpaired) electrons. The maximum Gasteiger partial charge on any atom is 0.317 e. The highest BCUT2D eigenvalue weighted by Gasteiger charge is 2.84. The average molecular weight is 405 g/mol. The van der Waals surface area contributed by atoms with Crippen LogP contribution in [0.1, 0.15) is 27.7 Å². The van der Waals surface area contributed by atoms with E-state index in [4.69, 9.17) is 4.74 Å². The van der Waals surface area contributed by atoms with Crippen molar-refractivity contribution in [3.8, 4) is 0 Å². The minimum absolute atomic E-state index is 0.589. The first-order valence-corrected chi connectivity index (χ1v) is 7.88. The SMILES string of the molecule is CC(=O)C(O)[C@H]1O[C@](O)(N=C=S)[C@@](O)(C(C)=O)[C@](O)(C(C)=O)[C@@]1(O)C(C)=O. The van der Waals surface area contributed by atoms with Gasteiger partial charge in [-0.15, -0.1) is 0 Å². The van der Waals surface area contributed by atoms with Gasteiger partial charge in [0, 0.05) is 0 Å². The second kappa shape index (κ2) is 7.00. The first kappa shape index (κ1) is 23.3. The molecule has 1 fully saturated rings. The standard InChI is InChI=1S/C15H19NO10S/c1-6(17)10(21)11-12(22,7(2)18)13(23,8(3)19)14(24,9(4)20)15(25,26-11)16-5-27/h10-11,21-25H,1-4H3/t10?,11-,12-,13+,14-,15+/m1/s1. The summed E-state index contributed by atoms with van der Waals surface area (Å²) in [5, 5.41) is 55.1. The second-order valence-corrected chi connectivity index (χ2v) is 6.44. The summed E-state index contributed by atoms with van der Waals surface area (Å²) in [4.78, 5) is 51.3. The van der Waals surface area contributed by atoms with Crippen molar-refractivity contribution < 1.29 is 49.4 Å². The van der Waals surface area contributed by atoms with E-state index >= 15 is 0 Å². The van der Waals surface area contributed by atoms with Gasteiger partial charge in [-0.2, -0.15) is 4.99 Å². The van der Waals surface area contributed by atoms with Crippen molar-refractivity contribution in [1.29, 1.82) is 0 Å². The quantitative estimate of drug-likeness (QED) is 0.224. The molecule has 1 aliphatic heterocycles. The van der Waals surface area contributed by atoms with Crippen LogP contribution in [0, 0.1) is 0 Å². The number of hydrogen-bond donors (Lipinski definition) is 5. The Morgan fingerprint density at radius 1 is 0.963 bits per heavy atom. The van der Waals surface area contributed by atoms with Crippen molar-refractivity contribution in [2.45, 2.75) is 62.6 Å². The number of isothiocyanates is 1. The van der Waals surface area contributed by atoms with Gasteiger partial charge in [-0.25, -0.2) is 0 Å². The van der Waals surface area contributed by atoms with Crippen molar-refractivity contribution in [2.24, 2.45) is 4.99 Å². The Kier molecular flexibility index (Phi) is 6.04. The molecule has 5 N–H and O–H groups in total. The van der Waals surface area contributed by atoms with Crippen LogP contribution in [0.15, 0.2) is 4.99 Å². The first-order chi connectivity index (χ1) is 12.1. The Labute approximate surface area is 158 Å². The molecule has 1 unspecified atom stereocenters. The number of aliphatic imine (C=N–C) groups is 1. The molecule has 0 bridgehead atoms. The number of carbonyl (C=O) groups excluding carboxylic acids is 4. The van der Waals surface area contributed by atoms with Gasteiger partial charge in [0.15, 0.2) is 28.7 Å². The van der Waals surface area contributed by atoms with Gasteiger partial charge in [0.1, 0.15) is 12.2 Å². The van der Waals surface area contributed by atoms with E-state index in [-0.39, 0.29) is 0 Å². The minimum atomic E-state index is -3.79. The zero-order chi connectivity index (χ0) is 21.6. The molecule has 0 aromatic heterocycles. The lowest BCUT2D eigenvalue weighted by Gasteiger charge is -2.59. The molecule has 6 atom stereocenters. The molecule has 11 nitrogen and oxygen atoms in total. The van der Waals surface area contributed by atoms with Gasteiger partial charge in [-0.1, -0.05) is 0 Å². The Morgan fingerprint density at radius 3 is 1.70 bits per heavy atom. The fraction of sp³-hybridized carbons (Fsp3) is 0.667. The molecule has 1 heterocycles. The number of ketones is 4. The molecule has 0 aromatic carbocycles. The van der Waals surface area contributed by atoms with Crippen molar-refractivity contribution in [3.63, 3.8) is 0 Å². The summed E-state index contributed by atoms with van der Waals surface area (Å²) in [5.74, 6) is -9.26. The number of rotatable bonds is 6. The third-order valence-corrected chi connectivity index (χ3v) is 4.80. The smallest absolute Gasteiger partial charge is 0.317 e. The third-order valence-electron chi connectivity index (χ3n) is 4.71. The fourth-order valence-electron chi connectivity index (χ4n) is 3.20. The van der Waals surface area contributed by atoms with Gasteiger partial charge in [-0.3, -0.25) is 19.2 Å². The number of carbonyl (C=O) groups is 4. The fourth-order valence-corrected chi connectivity index (χ4v) is 3.33. The van der Waals surface area contributed by atoms with E-state index < -0.39 is 58.1 Å². The predicted octanol–water partition coefficient (Wildman–Crippen LogP) is -2.96. The van der Waals surface area contributed by atoms with Crippen LogP contribution >= 0.6 is 12.2 Å². The van der Waals surface area contributed by atoms with E-state index in [1.165, 1.54) is 0 Å². The topological polar surface area (TPSA) is 191 Å². The monoisotopic (exact) mass is 405 g/mol. The molecule has 1 rings (SSSR count). The number of aliphatic hydroxyl groups is 5. The Bertz CT molecular complexity index is 764. The molecule has 150 valence electrons. The van der Waals surface area contributed by atoms with E-state index in [1.54, 1.807) is 5.16 Å². The summed E-state index contributed by atoms with van der Waals surface area (Å²) in [6.07, 6.45) is -4.90. The van der Waals surface area contributed by atoms with Crippen molar-refractivity contribution in [3.05, 3.63) is 0 Å². The summed E-state index contributed by atoms with van der Waals surface area (Å²) in [7, 11) is 0. The van der Waals surface area contributed by atoms with Crippen LogP contribution < -0.4 is 0 Å². The minimum Gasteiger partial charge on any atom is -0.382 e. The second-order valence-electron chi connectivity index (χ2n) is 6.26. The van der Waals surface area contributed by atoms with Gasteiger partial charge in [0.05, 0.1) is 5.16 Å². The predicted molar refractivity (Wildman–Crippen MR) is 88.4 cm³/mol. The highest BCUT2D eigenvalue weighted by atomic mass is 32.1. The number of aliphatic hydroxyl groups excluding tert-OH is 1. The summed E-state index contributed by atoms with van der Waals surface area (Å²) in [6, 6.07) is 0. The molecule has 0 aromatic rings. The van der Waals surface area contributed by atoms with Crippen LogP contribution in [0.5, 0.6) is 0 Å². The highest BCUT2D eigenvalue weighted by molar-refractivity contribution is 7.78. The Balaban J connectivity index is 4.14. The van der Waals surface area contributed by atoms with Crippen LogP contribution in [-0.4, -0.2) is 88.7 Å². The molecule has 0 amide bonds. The van der Waals surface area contributed by atoms with Gasteiger partial charge in [0.25, 0.3) is 0 Å². The number of thiocarbonyl (C=S) groups is 1. The molecule has 0 aliphatic carbocycles. The van der Waals surface area contributed by atoms with Crippen LogP contribution in [0.2, 0.25) is 0 Å². The lowest BCUT2D eigenvalue weighted by Crippen LogP contribution is -2.90. The van der Waals surface area contributed by atoms with Gasteiger partial charge in [0.2, 0.25) is 11.2 Å². The molecule has 0 spiro atoms. The van der Waals surface area contributed by atoms with Crippen molar-refractivity contribution in [1.82, 2.24) is 0 Å².